The Kier molecular flexibility index (Phi) is 5.62. The molecule has 0 aliphatic carbocycles. The zero-order valence-corrected chi connectivity index (χ0v) is 15.4. The quantitative estimate of drug-likeness (QED) is 0.715. The number of allylic oxidation sites excluding steroid dienone is 2. The molecule has 2 aromatic rings. The molecule has 1 aliphatic heterocycles. The van der Waals surface area contributed by atoms with Crippen molar-refractivity contribution in [2.45, 2.75) is 12.7 Å². The molecule has 0 bridgehead atoms. The molecule has 1 aliphatic rings. The van der Waals surface area contributed by atoms with Crippen molar-refractivity contribution in [2.75, 3.05) is 23.3 Å². The summed E-state index contributed by atoms with van der Waals surface area (Å²) in [6.07, 6.45) is -2.85. The van der Waals surface area contributed by atoms with E-state index in [4.69, 9.17) is 5.73 Å². The van der Waals surface area contributed by atoms with Crippen LogP contribution in [0.25, 0.3) is 5.57 Å². The third kappa shape index (κ3) is 4.25. The molecule has 8 heteroatoms. The summed E-state index contributed by atoms with van der Waals surface area (Å²) in [7, 11) is 0. The van der Waals surface area contributed by atoms with Crippen molar-refractivity contribution >= 4 is 16.9 Å². The van der Waals surface area contributed by atoms with Crippen LogP contribution in [0.2, 0.25) is 0 Å². The molecule has 0 spiro atoms. The largest absolute Gasteiger partial charge is 0.416 e. The molecule has 0 atom stereocenters. The highest BCUT2D eigenvalue weighted by atomic mass is 19.4. The van der Waals surface area contributed by atoms with Gasteiger partial charge in [0, 0.05) is 31.4 Å². The SMILES string of the molecule is C=C1C(C#N)=CN(Cc2ccc(C(F)(F)F)cc2)c2cc(NCCN)c(F)cc21. The number of nitrogens with two attached hydrogens (primary N) is 1. The summed E-state index contributed by atoms with van der Waals surface area (Å²) < 4.78 is 52.8. The van der Waals surface area contributed by atoms with Crippen molar-refractivity contribution in [2.24, 2.45) is 5.73 Å². The van der Waals surface area contributed by atoms with E-state index in [2.05, 4.69) is 11.9 Å². The Hall–Kier alpha value is -3.31. The van der Waals surface area contributed by atoms with Crippen LogP contribution in [0.3, 0.4) is 0 Å². The van der Waals surface area contributed by atoms with E-state index in [1.807, 2.05) is 6.07 Å². The van der Waals surface area contributed by atoms with Crippen molar-refractivity contribution in [3.63, 3.8) is 0 Å². The van der Waals surface area contributed by atoms with Crippen LogP contribution in [0.5, 0.6) is 0 Å². The first-order valence-electron chi connectivity index (χ1n) is 8.76. The minimum absolute atomic E-state index is 0.200. The maximum atomic E-state index is 14.4. The van der Waals surface area contributed by atoms with E-state index < -0.39 is 17.6 Å². The molecule has 1 heterocycles. The van der Waals surface area contributed by atoms with Gasteiger partial charge in [-0.15, -0.1) is 0 Å². The third-order valence-electron chi connectivity index (χ3n) is 4.54. The molecule has 150 valence electrons. The summed E-state index contributed by atoms with van der Waals surface area (Å²) in [6, 6.07) is 9.67. The van der Waals surface area contributed by atoms with Crippen molar-refractivity contribution in [3.8, 4) is 6.07 Å². The maximum Gasteiger partial charge on any atom is 0.416 e. The molecule has 0 aromatic heterocycles. The fourth-order valence-electron chi connectivity index (χ4n) is 3.05. The van der Waals surface area contributed by atoms with Gasteiger partial charge in [0.15, 0.2) is 0 Å². The number of alkyl halides is 3. The van der Waals surface area contributed by atoms with E-state index in [1.165, 1.54) is 18.2 Å². The monoisotopic (exact) mass is 402 g/mol. The predicted molar refractivity (Wildman–Crippen MR) is 104 cm³/mol. The second-order valence-electron chi connectivity index (χ2n) is 6.52. The number of nitrogens with one attached hydrogen (secondary N) is 1. The van der Waals surface area contributed by atoms with Gasteiger partial charge in [0.25, 0.3) is 0 Å². The summed E-state index contributed by atoms with van der Waals surface area (Å²) in [5, 5.41) is 12.3. The lowest BCUT2D eigenvalue weighted by molar-refractivity contribution is -0.137. The molecule has 3 rings (SSSR count). The first-order chi connectivity index (χ1) is 13.7. The van der Waals surface area contributed by atoms with Crippen LogP contribution in [0.1, 0.15) is 16.7 Å². The molecule has 3 N–H and O–H groups in total. The molecule has 0 unspecified atom stereocenters. The average Bonchev–Trinajstić information content (AvgIpc) is 2.68. The molecule has 0 fully saturated rings. The Morgan fingerprint density at radius 1 is 1.17 bits per heavy atom. The van der Waals surface area contributed by atoms with E-state index in [-0.39, 0.29) is 17.8 Å². The topological polar surface area (TPSA) is 65.1 Å². The molecule has 0 radical (unpaired) electrons. The van der Waals surface area contributed by atoms with Gasteiger partial charge in [0.2, 0.25) is 0 Å². The fraction of sp³-hybridized carbons (Fsp3) is 0.190. The zero-order chi connectivity index (χ0) is 21.2. The van der Waals surface area contributed by atoms with Gasteiger partial charge in [-0.3, -0.25) is 0 Å². The van der Waals surface area contributed by atoms with E-state index in [9.17, 15) is 22.8 Å². The highest BCUT2D eigenvalue weighted by molar-refractivity contribution is 5.92. The number of fused-ring (bicyclic) bond motifs is 1. The highest BCUT2D eigenvalue weighted by Crippen LogP contribution is 2.39. The Bertz CT molecular complexity index is 1000. The number of hydrogen-bond acceptors (Lipinski definition) is 4. The summed E-state index contributed by atoms with van der Waals surface area (Å²) in [5.74, 6) is -0.507. The number of benzene rings is 2. The summed E-state index contributed by atoms with van der Waals surface area (Å²) in [5.41, 5.74) is 7.25. The second-order valence-corrected chi connectivity index (χ2v) is 6.52. The lowest BCUT2D eigenvalue weighted by Crippen LogP contribution is -2.22. The van der Waals surface area contributed by atoms with Crippen molar-refractivity contribution < 1.29 is 17.6 Å². The number of rotatable bonds is 5. The van der Waals surface area contributed by atoms with Gasteiger partial charge in [0.1, 0.15) is 11.9 Å². The van der Waals surface area contributed by atoms with Gasteiger partial charge >= 0.3 is 6.18 Å². The molecule has 2 aromatic carbocycles. The Morgan fingerprint density at radius 2 is 1.86 bits per heavy atom. The third-order valence-corrected chi connectivity index (χ3v) is 4.54. The van der Waals surface area contributed by atoms with E-state index >= 15 is 0 Å². The van der Waals surface area contributed by atoms with Gasteiger partial charge in [-0.05, 0) is 35.4 Å². The summed E-state index contributed by atoms with van der Waals surface area (Å²) in [4.78, 5) is 1.69. The van der Waals surface area contributed by atoms with Crippen LogP contribution in [0.4, 0.5) is 28.9 Å². The molecule has 0 saturated heterocycles. The normalized spacial score (nSPS) is 13.6. The summed E-state index contributed by atoms with van der Waals surface area (Å²) >= 11 is 0. The van der Waals surface area contributed by atoms with Crippen molar-refractivity contribution in [1.29, 1.82) is 5.26 Å². The molecule has 4 nitrogen and oxygen atoms in total. The van der Waals surface area contributed by atoms with E-state index in [0.29, 0.717) is 35.5 Å². The molecule has 0 saturated carbocycles. The fourth-order valence-corrected chi connectivity index (χ4v) is 3.05. The Balaban J connectivity index is 1.99. The number of nitrogens with zero attached hydrogens (tertiary/aromatic N) is 2. The van der Waals surface area contributed by atoms with Gasteiger partial charge in [-0.1, -0.05) is 18.7 Å². The van der Waals surface area contributed by atoms with Crippen LogP contribution >= 0.6 is 0 Å². The van der Waals surface area contributed by atoms with Crippen LogP contribution in [0.15, 0.2) is 54.8 Å². The first-order valence-corrected chi connectivity index (χ1v) is 8.76. The van der Waals surface area contributed by atoms with Crippen LogP contribution in [0, 0.1) is 17.1 Å². The smallest absolute Gasteiger partial charge is 0.381 e. The van der Waals surface area contributed by atoms with Crippen LogP contribution in [-0.4, -0.2) is 13.1 Å². The zero-order valence-electron chi connectivity index (χ0n) is 15.4. The van der Waals surface area contributed by atoms with Crippen molar-refractivity contribution in [3.05, 3.63) is 77.3 Å². The number of nitriles is 1. The molecule has 0 amide bonds. The van der Waals surface area contributed by atoms with Gasteiger partial charge in [-0.25, -0.2) is 4.39 Å². The lowest BCUT2D eigenvalue weighted by Gasteiger charge is -2.30. The van der Waals surface area contributed by atoms with E-state index in [1.54, 1.807) is 17.2 Å². The van der Waals surface area contributed by atoms with Crippen LogP contribution in [-0.2, 0) is 12.7 Å². The Labute approximate surface area is 165 Å². The molecule has 29 heavy (non-hydrogen) atoms. The molecular formula is C21H18F4N4. The second kappa shape index (κ2) is 7.97. The minimum Gasteiger partial charge on any atom is -0.381 e. The van der Waals surface area contributed by atoms with E-state index in [0.717, 1.165) is 12.1 Å². The number of anilines is 2. The van der Waals surface area contributed by atoms with Gasteiger partial charge < -0.3 is 16.0 Å². The Morgan fingerprint density at radius 3 is 2.45 bits per heavy atom. The van der Waals surface area contributed by atoms with Gasteiger partial charge in [-0.2, -0.15) is 18.4 Å². The number of hydrogen-bond donors (Lipinski definition) is 2. The highest BCUT2D eigenvalue weighted by Gasteiger charge is 2.30. The van der Waals surface area contributed by atoms with Crippen molar-refractivity contribution in [1.82, 2.24) is 0 Å². The van der Waals surface area contributed by atoms with Crippen LogP contribution < -0.4 is 16.0 Å². The van der Waals surface area contributed by atoms with Gasteiger partial charge in [0.05, 0.1) is 22.5 Å². The lowest BCUT2D eigenvalue weighted by atomic mass is 9.94. The minimum atomic E-state index is -4.41. The maximum absolute atomic E-state index is 14.4. The standard InChI is InChI=1S/C21H18F4N4/c1-13-15(10-27)12-29(11-14-2-4-16(5-3-14)21(23,24)25)20-9-19(28-7-6-26)18(22)8-17(13)20/h2-5,8-9,12,28H,1,6-7,11,26H2. The predicted octanol–water partition coefficient (Wildman–Crippen LogP) is 4.66. The summed E-state index contributed by atoms with van der Waals surface area (Å²) in [6.45, 7) is 4.76. The number of halogens is 4. The average molecular weight is 402 g/mol. The molecular weight excluding hydrogens is 384 g/mol. The first kappa shape index (κ1) is 20.4.